The lowest BCUT2D eigenvalue weighted by molar-refractivity contribution is -0.122. The Bertz CT molecular complexity index is 697. The van der Waals surface area contributed by atoms with Crippen molar-refractivity contribution in [3.63, 3.8) is 0 Å². The lowest BCUT2D eigenvalue weighted by Gasteiger charge is -2.31. The van der Waals surface area contributed by atoms with Gasteiger partial charge in [-0.3, -0.25) is 9.78 Å². The second-order valence-corrected chi connectivity index (χ2v) is 6.91. The summed E-state index contributed by atoms with van der Waals surface area (Å²) in [6, 6.07) is 9.77. The van der Waals surface area contributed by atoms with E-state index in [0.717, 1.165) is 43.6 Å². The number of pyridine rings is 1. The Morgan fingerprint density at radius 3 is 2.38 bits per heavy atom. The molecule has 2 aromatic rings. The summed E-state index contributed by atoms with van der Waals surface area (Å²) >= 11 is 0. The molecular formula is C21H26FN3O. The van der Waals surface area contributed by atoms with Crippen molar-refractivity contribution < 1.29 is 9.18 Å². The second kappa shape index (κ2) is 8.90. The van der Waals surface area contributed by atoms with Gasteiger partial charge in [-0.1, -0.05) is 19.1 Å². The standard InChI is InChI=1S/C21H26FN3O/c1-2-25-13-9-16(10-14-25)15-20(26)24-21(18-7-11-23-12-8-18)17-3-5-19(22)6-4-17/h3-8,11-12,16,21H,2,9-10,13-15H2,1H3,(H,24,26)/t21-/m1/s1. The molecule has 1 aliphatic rings. The third-order valence-corrected chi connectivity index (χ3v) is 5.18. The Kier molecular flexibility index (Phi) is 6.34. The predicted molar refractivity (Wildman–Crippen MR) is 100 cm³/mol. The molecule has 3 rings (SSSR count). The minimum Gasteiger partial charge on any atom is -0.345 e. The zero-order valence-electron chi connectivity index (χ0n) is 15.2. The molecule has 0 unspecified atom stereocenters. The molecule has 1 aliphatic heterocycles. The second-order valence-electron chi connectivity index (χ2n) is 6.91. The minimum atomic E-state index is -0.290. The molecule has 1 amide bonds. The first kappa shape index (κ1) is 18.5. The van der Waals surface area contributed by atoms with E-state index < -0.39 is 0 Å². The Morgan fingerprint density at radius 1 is 1.15 bits per heavy atom. The maximum absolute atomic E-state index is 13.3. The summed E-state index contributed by atoms with van der Waals surface area (Å²) in [7, 11) is 0. The third-order valence-electron chi connectivity index (χ3n) is 5.18. The molecule has 2 heterocycles. The van der Waals surface area contributed by atoms with Gasteiger partial charge in [0, 0.05) is 18.8 Å². The number of hydrogen-bond donors (Lipinski definition) is 1. The van der Waals surface area contributed by atoms with Crippen molar-refractivity contribution in [3.8, 4) is 0 Å². The molecule has 0 radical (unpaired) electrons. The number of carbonyl (C=O) groups excluding carboxylic acids is 1. The van der Waals surface area contributed by atoms with Gasteiger partial charge >= 0.3 is 0 Å². The Balaban J connectivity index is 1.68. The average Bonchev–Trinajstić information content (AvgIpc) is 2.68. The van der Waals surface area contributed by atoms with Gasteiger partial charge in [0.05, 0.1) is 6.04 Å². The number of rotatable bonds is 6. The summed E-state index contributed by atoms with van der Waals surface area (Å²) in [6.45, 7) is 5.39. The SMILES string of the molecule is CCN1CCC(CC(=O)N[C@@H](c2ccncc2)c2ccc(F)cc2)CC1. The summed E-state index contributed by atoms with van der Waals surface area (Å²) in [5, 5.41) is 3.14. The van der Waals surface area contributed by atoms with Crippen LogP contribution in [0, 0.1) is 11.7 Å². The van der Waals surface area contributed by atoms with Crippen molar-refractivity contribution in [3.05, 3.63) is 65.7 Å². The van der Waals surface area contributed by atoms with Crippen molar-refractivity contribution in [2.45, 2.75) is 32.2 Å². The number of piperidine rings is 1. The van der Waals surface area contributed by atoms with Crippen LogP contribution in [0.3, 0.4) is 0 Å². The van der Waals surface area contributed by atoms with E-state index in [4.69, 9.17) is 0 Å². The van der Waals surface area contributed by atoms with Gasteiger partial charge in [-0.25, -0.2) is 4.39 Å². The molecule has 1 fully saturated rings. The maximum atomic E-state index is 13.3. The number of nitrogens with zero attached hydrogens (tertiary/aromatic N) is 2. The molecule has 0 bridgehead atoms. The van der Waals surface area contributed by atoms with E-state index in [-0.39, 0.29) is 17.8 Å². The summed E-state index contributed by atoms with van der Waals surface area (Å²) in [5.74, 6) is 0.200. The van der Waals surface area contributed by atoms with E-state index in [1.807, 2.05) is 12.1 Å². The molecule has 26 heavy (non-hydrogen) atoms. The van der Waals surface area contributed by atoms with Crippen molar-refractivity contribution in [1.29, 1.82) is 0 Å². The minimum absolute atomic E-state index is 0.0473. The number of aromatic nitrogens is 1. The first-order valence-corrected chi connectivity index (χ1v) is 9.33. The van der Waals surface area contributed by atoms with Crippen LogP contribution in [0.1, 0.15) is 43.4 Å². The molecular weight excluding hydrogens is 329 g/mol. The Hall–Kier alpha value is -2.27. The number of carbonyl (C=O) groups is 1. The van der Waals surface area contributed by atoms with E-state index in [0.29, 0.717) is 12.3 Å². The highest BCUT2D eigenvalue weighted by molar-refractivity contribution is 5.77. The Morgan fingerprint density at radius 2 is 1.77 bits per heavy atom. The zero-order valence-corrected chi connectivity index (χ0v) is 15.2. The lowest BCUT2D eigenvalue weighted by atomic mass is 9.92. The number of benzene rings is 1. The summed E-state index contributed by atoms with van der Waals surface area (Å²) in [5.41, 5.74) is 1.81. The van der Waals surface area contributed by atoms with Gasteiger partial charge in [0.1, 0.15) is 5.82 Å². The van der Waals surface area contributed by atoms with Gasteiger partial charge in [0.2, 0.25) is 5.91 Å². The summed E-state index contributed by atoms with van der Waals surface area (Å²) in [4.78, 5) is 19.1. The van der Waals surface area contributed by atoms with E-state index in [2.05, 4.69) is 22.1 Å². The predicted octanol–water partition coefficient (Wildman–Crippen LogP) is 3.55. The highest BCUT2D eigenvalue weighted by Gasteiger charge is 2.23. The highest BCUT2D eigenvalue weighted by atomic mass is 19.1. The summed E-state index contributed by atoms with van der Waals surface area (Å²) in [6.07, 6.45) is 6.09. The molecule has 1 aromatic carbocycles. The summed E-state index contributed by atoms with van der Waals surface area (Å²) < 4.78 is 13.3. The lowest BCUT2D eigenvalue weighted by Crippen LogP contribution is -2.36. The van der Waals surface area contributed by atoms with E-state index >= 15 is 0 Å². The van der Waals surface area contributed by atoms with E-state index in [1.165, 1.54) is 12.1 Å². The van der Waals surface area contributed by atoms with Gasteiger partial charge in [-0.15, -0.1) is 0 Å². The fraction of sp³-hybridized carbons (Fsp3) is 0.429. The first-order valence-electron chi connectivity index (χ1n) is 9.33. The van der Waals surface area contributed by atoms with Crippen molar-refractivity contribution >= 4 is 5.91 Å². The van der Waals surface area contributed by atoms with E-state index in [1.54, 1.807) is 24.5 Å². The molecule has 1 atom stereocenters. The maximum Gasteiger partial charge on any atom is 0.221 e. The van der Waals surface area contributed by atoms with Crippen LogP contribution in [0.25, 0.3) is 0 Å². The molecule has 1 saturated heterocycles. The molecule has 4 nitrogen and oxygen atoms in total. The molecule has 1 aromatic heterocycles. The van der Waals surface area contributed by atoms with Crippen LogP contribution >= 0.6 is 0 Å². The van der Waals surface area contributed by atoms with E-state index in [9.17, 15) is 9.18 Å². The Labute approximate surface area is 154 Å². The van der Waals surface area contributed by atoms with Crippen LogP contribution in [-0.4, -0.2) is 35.4 Å². The molecule has 138 valence electrons. The number of hydrogen-bond acceptors (Lipinski definition) is 3. The fourth-order valence-electron chi connectivity index (χ4n) is 3.56. The monoisotopic (exact) mass is 355 g/mol. The van der Waals surface area contributed by atoms with Crippen molar-refractivity contribution in [1.82, 2.24) is 15.2 Å². The normalized spacial score (nSPS) is 17.0. The topological polar surface area (TPSA) is 45.2 Å². The van der Waals surface area contributed by atoms with Gasteiger partial charge in [0.25, 0.3) is 0 Å². The van der Waals surface area contributed by atoms with Gasteiger partial charge in [0.15, 0.2) is 0 Å². The van der Waals surface area contributed by atoms with Gasteiger partial charge < -0.3 is 10.2 Å². The number of nitrogens with one attached hydrogen (secondary N) is 1. The first-order chi connectivity index (χ1) is 12.7. The van der Waals surface area contributed by atoms with Crippen molar-refractivity contribution in [2.75, 3.05) is 19.6 Å². The number of amides is 1. The smallest absolute Gasteiger partial charge is 0.221 e. The highest BCUT2D eigenvalue weighted by Crippen LogP contribution is 2.24. The van der Waals surface area contributed by atoms with Gasteiger partial charge in [-0.05, 0) is 73.8 Å². The molecule has 5 heteroatoms. The largest absolute Gasteiger partial charge is 0.345 e. The third kappa shape index (κ3) is 4.88. The van der Waals surface area contributed by atoms with Crippen LogP contribution in [0.15, 0.2) is 48.8 Å². The number of halogens is 1. The fourth-order valence-corrected chi connectivity index (χ4v) is 3.56. The average molecular weight is 355 g/mol. The molecule has 0 aliphatic carbocycles. The molecule has 1 N–H and O–H groups in total. The van der Waals surface area contributed by atoms with Crippen LogP contribution in [0.4, 0.5) is 4.39 Å². The van der Waals surface area contributed by atoms with Crippen LogP contribution in [-0.2, 0) is 4.79 Å². The number of likely N-dealkylation sites (tertiary alicyclic amines) is 1. The van der Waals surface area contributed by atoms with Crippen LogP contribution < -0.4 is 5.32 Å². The zero-order chi connectivity index (χ0) is 18.4. The van der Waals surface area contributed by atoms with Crippen LogP contribution in [0.5, 0.6) is 0 Å². The molecule has 0 saturated carbocycles. The van der Waals surface area contributed by atoms with Crippen molar-refractivity contribution in [2.24, 2.45) is 5.92 Å². The van der Waals surface area contributed by atoms with Crippen LogP contribution in [0.2, 0.25) is 0 Å². The molecule has 0 spiro atoms. The van der Waals surface area contributed by atoms with Gasteiger partial charge in [-0.2, -0.15) is 0 Å². The quantitative estimate of drug-likeness (QED) is 0.862.